The van der Waals surface area contributed by atoms with Gasteiger partial charge in [0.2, 0.25) is 0 Å². The van der Waals surface area contributed by atoms with Gasteiger partial charge >= 0.3 is 5.97 Å². The SMILES string of the molecule is CC(O)C(C)OC(C)(Cc1ccccc1F)C(=O)O. The van der Waals surface area contributed by atoms with Crippen LogP contribution in [0.5, 0.6) is 0 Å². The Hall–Kier alpha value is -1.46. The summed E-state index contributed by atoms with van der Waals surface area (Å²) < 4.78 is 19.0. The van der Waals surface area contributed by atoms with Gasteiger partial charge in [-0.05, 0) is 32.4 Å². The Labute approximate surface area is 111 Å². The Kier molecular flexibility index (Phi) is 5.03. The average molecular weight is 270 g/mol. The molecule has 1 rings (SSSR count). The van der Waals surface area contributed by atoms with Crippen molar-refractivity contribution in [2.24, 2.45) is 0 Å². The lowest BCUT2D eigenvalue weighted by molar-refractivity contribution is -0.176. The van der Waals surface area contributed by atoms with Crippen molar-refractivity contribution in [1.29, 1.82) is 0 Å². The molecule has 0 aromatic heterocycles. The van der Waals surface area contributed by atoms with Gasteiger partial charge in [0.25, 0.3) is 0 Å². The predicted octanol–water partition coefficient (Wildman–Crippen LogP) is 2.00. The summed E-state index contributed by atoms with van der Waals surface area (Å²) in [6.07, 6.45) is -1.57. The van der Waals surface area contributed by atoms with Gasteiger partial charge in [0.05, 0.1) is 12.2 Å². The van der Waals surface area contributed by atoms with Crippen molar-refractivity contribution < 1.29 is 24.1 Å². The monoisotopic (exact) mass is 270 g/mol. The Morgan fingerprint density at radius 1 is 1.42 bits per heavy atom. The molecule has 0 heterocycles. The number of carboxylic acid groups (broad SMARTS) is 1. The molecule has 1 aromatic carbocycles. The number of hydrogen-bond acceptors (Lipinski definition) is 3. The quantitative estimate of drug-likeness (QED) is 0.829. The molecule has 4 nitrogen and oxygen atoms in total. The molecule has 0 aliphatic carbocycles. The summed E-state index contributed by atoms with van der Waals surface area (Å²) in [5.74, 6) is -1.66. The van der Waals surface area contributed by atoms with Gasteiger partial charge in [0.15, 0.2) is 5.60 Å². The summed E-state index contributed by atoms with van der Waals surface area (Å²) in [5, 5.41) is 18.7. The molecular weight excluding hydrogens is 251 g/mol. The summed E-state index contributed by atoms with van der Waals surface area (Å²) >= 11 is 0. The largest absolute Gasteiger partial charge is 0.479 e. The Bertz CT molecular complexity index is 447. The van der Waals surface area contributed by atoms with Crippen molar-refractivity contribution >= 4 is 5.97 Å². The van der Waals surface area contributed by atoms with E-state index in [1.165, 1.54) is 32.0 Å². The van der Waals surface area contributed by atoms with Gasteiger partial charge in [-0.1, -0.05) is 18.2 Å². The van der Waals surface area contributed by atoms with Crippen molar-refractivity contribution in [1.82, 2.24) is 0 Å². The zero-order valence-corrected chi connectivity index (χ0v) is 11.3. The number of rotatable bonds is 6. The minimum absolute atomic E-state index is 0.105. The number of carboxylic acids is 1. The van der Waals surface area contributed by atoms with E-state index in [1.54, 1.807) is 13.0 Å². The minimum atomic E-state index is -1.58. The van der Waals surface area contributed by atoms with Crippen LogP contribution in [0.3, 0.4) is 0 Å². The first-order chi connectivity index (χ1) is 8.76. The first-order valence-corrected chi connectivity index (χ1v) is 6.09. The molecule has 0 saturated heterocycles. The summed E-state index contributed by atoms with van der Waals surface area (Å²) in [5.41, 5.74) is -1.32. The Balaban J connectivity index is 2.95. The highest BCUT2D eigenvalue weighted by molar-refractivity contribution is 5.77. The van der Waals surface area contributed by atoms with E-state index in [1.807, 2.05) is 0 Å². The number of aliphatic carboxylic acids is 1. The van der Waals surface area contributed by atoms with E-state index in [0.717, 1.165) is 0 Å². The van der Waals surface area contributed by atoms with Crippen molar-refractivity contribution in [3.05, 3.63) is 35.6 Å². The zero-order valence-electron chi connectivity index (χ0n) is 11.3. The smallest absolute Gasteiger partial charge is 0.336 e. The first-order valence-electron chi connectivity index (χ1n) is 6.09. The van der Waals surface area contributed by atoms with Gasteiger partial charge in [0.1, 0.15) is 5.82 Å². The molecule has 0 fully saturated rings. The molecular formula is C14H19FO4. The maximum Gasteiger partial charge on any atom is 0.336 e. The lowest BCUT2D eigenvalue weighted by Crippen LogP contribution is -2.45. The average Bonchev–Trinajstić information content (AvgIpc) is 2.31. The molecule has 19 heavy (non-hydrogen) atoms. The molecule has 0 saturated carbocycles. The molecule has 3 unspecified atom stereocenters. The second kappa shape index (κ2) is 6.12. The number of carbonyl (C=O) groups is 1. The van der Waals surface area contributed by atoms with E-state index in [-0.39, 0.29) is 12.0 Å². The molecule has 0 radical (unpaired) electrons. The summed E-state index contributed by atoms with van der Waals surface area (Å²) in [4.78, 5) is 11.4. The van der Waals surface area contributed by atoms with Crippen LogP contribution in [0.25, 0.3) is 0 Å². The van der Waals surface area contributed by atoms with Gasteiger partial charge in [-0.25, -0.2) is 9.18 Å². The van der Waals surface area contributed by atoms with Crippen molar-refractivity contribution in [3.8, 4) is 0 Å². The fourth-order valence-electron chi connectivity index (χ4n) is 1.68. The Morgan fingerprint density at radius 3 is 2.47 bits per heavy atom. The van der Waals surface area contributed by atoms with Gasteiger partial charge in [0, 0.05) is 6.42 Å². The third-order valence-electron chi connectivity index (χ3n) is 3.06. The number of aliphatic hydroxyl groups is 1. The molecule has 2 N–H and O–H groups in total. The fourth-order valence-corrected chi connectivity index (χ4v) is 1.68. The summed E-state index contributed by atoms with van der Waals surface area (Å²) in [6.45, 7) is 4.46. The number of ether oxygens (including phenoxy) is 1. The summed E-state index contributed by atoms with van der Waals surface area (Å²) in [7, 11) is 0. The predicted molar refractivity (Wildman–Crippen MR) is 68.4 cm³/mol. The van der Waals surface area contributed by atoms with Crippen LogP contribution < -0.4 is 0 Å². The van der Waals surface area contributed by atoms with Gasteiger partial charge < -0.3 is 14.9 Å². The fraction of sp³-hybridized carbons (Fsp3) is 0.500. The molecule has 0 bridgehead atoms. The van der Waals surface area contributed by atoms with Crippen molar-refractivity contribution in [2.45, 2.75) is 45.0 Å². The van der Waals surface area contributed by atoms with Crippen LogP contribution >= 0.6 is 0 Å². The van der Waals surface area contributed by atoms with E-state index in [4.69, 9.17) is 4.74 Å². The highest BCUT2D eigenvalue weighted by Crippen LogP contribution is 2.22. The van der Waals surface area contributed by atoms with E-state index in [9.17, 15) is 19.4 Å². The molecule has 106 valence electrons. The Morgan fingerprint density at radius 2 is 2.00 bits per heavy atom. The van der Waals surface area contributed by atoms with Crippen LogP contribution in [0, 0.1) is 5.82 Å². The van der Waals surface area contributed by atoms with E-state index in [2.05, 4.69) is 0 Å². The van der Waals surface area contributed by atoms with Crippen molar-refractivity contribution in [2.75, 3.05) is 0 Å². The van der Waals surface area contributed by atoms with E-state index < -0.39 is 29.6 Å². The van der Waals surface area contributed by atoms with Gasteiger partial charge in [-0.2, -0.15) is 0 Å². The molecule has 5 heteroatoms. The first kappa shape index (κ1) is 15.6. The highest BCUT2D eigenvalue weighted by Gasteiger charge is 2.37. The van der Waals surface area contributed by atoms with Crippen LogP contribution in [-0.2, 0) is 16.0 Å². The second-order valence-corrected chi connectivity index (χ2v) is 4.87. The number of hydrogen-bond donors (Lipinski definition) is 2. The second-order valence-electron chi connectivity index (χ2n) is 4.87. The standard InChI is InChI=1S/C14H19FO4/c1-9(16)10(2)19-14(3,13(17)18)8-11-6-4-5-7-12(11)15/h4-7,9-10,16H,8H2,1-3H3,(H,17,18). The number of halogens is 1. The maximum absolute atomic E-state index is 13.6. The van der Waals surface area contributed by atoms with E-state index in [0.29, 0.717) is 0 Å². The third-order valence-corrected chi connectivity index (χ3v) is 3.06. The molecule has 0 spiro atoms. The molecule has 0 amide bonds. The molecule has 0 aliphatic heterocycles. The third kappa shape index (κ3) is 4.01. The maximum atomic E-state index is 13.6. The van der Waals surface area contributed by atoms with Crippen LogP contribution in [-0.4, -0.2) is 34.0 Å². The topological polar surface area (TPSA) is 66.8 Å². The number of aliphatic hydroxyl groups excluding tert-OH is 1. The normalized spacial score (nSPS) is 17.5. The molecule has 0 aliphatic rings. The number of benzene rings is 1. The highest BCUT2D eigenvalue weighted by atomic mass is 19.1. The zero-order chi connectivity index (χ0) is 14.6. The van der Waals surface area contributed by atoms with Crippen LogP contribution in [0.4, 0.5) is 4.39 Å². The van der Waals surface area contributed by atoms with Crippen LogP contribution in [0.2, 0.25) is 0 Å². The minimum Gasteiger partial charge on any atom is -0.479 e. The van der Waals surface area contributed by atoms with Crippen LogP contribution in [0.1, 0.15) is 26.3 Å². The van der Waals surface area contributed by atoms with Gasteiger partial charge in [-0.3, -0.25) is 0 Å². The molecule has 3 atom stereocenters. The lowest BCUT2D eigenvalue weighted by atomic mass is 9.95. The molecule has 1 aromatic rings. The lowest BCUT2D eigenvalue weighted by Gasteiger charge is -2.30. The van der Waals surface area contributed by atoms with Crippen molar-refractivity contribution in [3.63, 3.8) is 0 Å². The van der Waals surface area contributed by atoms with Crippen LogP contribution in [0.15, 0.2) is 24.3 Å². The van der Waals surface area contributed by atoms with E-state index >= 15 is 0 Å². The van der Waals surface area contributed by atoms with Gasteiger partial charge in [-0.15, -0.1) is 0 Å². The summed E-state index contributed by atoms with van der Waals surface area (Å²) in [6, 6.07) is 5.97.